The minimum atomic E-state index is -0.452. The average Bonchev–Trinajstić information content (AvgIpc) is 3.26. The highest BCUT2D eigenvalue weighted by Crippen LogP contribution is 2.25. The normalized spacial score (nSPS) is 10.8. The van der Waals surface area contributed by atoms with E-state index in [-0.39, 0.29) is 17.6 Å². The fourth-order valence-corrected chi connectivity index (χ4v) is 3.06. The number of carbonyl (C=O) groups is 1. The highest BCUT2D eigenvalue weighted by atomic mass is 16.5. The van der Waals surface area contributed by atoms with Crippen LogP contribution in [0.5, 0.6) is 17.4 Å². The molecule has 31 heavy (non-hydrogen) atoms. The lowest BCUT2D eigenvalue weighted by Crippen LogP contribution is -2.09. The molecular formula is C23H19NO7. The maximum absolute atomic E-state index is 12.9. The number of aryl methyl sites for hydroxylation is 1. The zero-order valence-corrected chi connectivity index (χ0v) is 16.9. The highest BCUT2D eigenvalue weighted by Gasteiger charge is 2.13. The summed E-state index contributed by atoms with van der Waals surface area (Å²) in [5.41, 5.74) is 1.30. The molecule has 0 saturated heterocycles. The zero-order valence-electron chi connectivity index (χ0n) is 16.9. The lowest BCUT2D eigenvalue weighted by Gasteiger charge is -2.07. The summed E-state index contributed by atoms with van der Waals surface area (Å²) in [5.74, 6) is 1.40. The van der Waals surface area contributed by atoms with Crippen LogP contribution in [0.4, 0.5) is 0 Å². The second-order valence-corrected chi connectivity index (χ2v) is 6.67. The van der Waals surface area contributed by atoms with Gasteiger partial charge >= 0.3 is 5.97 Å². The number of benzene rings is 2. The van der Waals surface area contributed by atoms with Gasteiger partial charge in [-0.05, 0) is 35.0 Å². The number of nitrogens with zero attached hydrogens (tertiary/aromatic N) is 1. The number of carbonyl (C=O) groups excluding carboxylic acids is 1. The van der Waals surface area contributed by atoms with Crippen LogP contribution in [-0.4, -0.2) is 25.3 Å². The Labute approximate surface area is 176 Å². The second-order valence-electron chi connectivity index (χ2n) is 6.67. The predicted octanol–water partition coefficient (Wildman–Crippen LogP) is 4.00. The van der Waals surface area contributed by atoms with Gasteiger partial charge in [0.05, 0.1) is 31.6 Å². The van der Waals surface area contributed by atoms with E-state index >= 15 is 0 Å². The molecule has 4 aromatic rings. The Kier molecular flexibility index (Phi) is 5.70. The molecule has 2 heterocycles. The van der Waals surface area contributed by atoms with E-state index in [2.05, 4.69) is 5.16 Å². The van der Waals surface area contributed by atoms with Gasteiger partial charge in [0, 0.05) is 18.6 Å². The highest BCUT2D eigenvalue weighted by molar-refractivity contribution is 5.83. The molecule has 0 unspecified atom stereocenters. The molecule has 8 nitrogen and oxygen atoms in total. The van der Waals surface area contributed by atoms with E-state index in [0.29, 0.717) is 40.3 Å². The van der Waals surface area contributed by atoms with Gasteiger partial charge in [-0.3, -0.25) is 9.59 Å². The third-order valence-electron chi connectivity index (χ3n) is 4.70. The summed E-state index contributed by atoms with van der Waals surface area (Å²) in [7, 11) is 3.06. The van der Waals surface area contributed by atoms with Crippen LogP contribution >= 0.6 is 0 Å². The van der Waals surface area contributed by atoms with Gasteiger partial charge in [0.25, 0.3) is 5.88 Å². The molecular weight excluding hydrogens is 402 g/mol. The number of methoxy groups -OCH3 is 2. The molecule has 2 aromatic carbocycles. The van der Waals surface area contributed by atoms with E-state index in [9.17, 15) is 9.59 Å². The number of aromatic nitrogens is 1. The smallest absolute Gasteiger partial charge is 0.311 e. The standard InChI is InChI=1S/C23H19NO7/c1-27-15-5-3-14(4-6-15)19-13-29-20-11-16(7-9-18(20)23(19)26)30-22(25)10-8-17-12-21(28-2)24-31-17/h3-7,9,11-13H,8,10H2,1-2H3. The van der Waals surface area contributed by atoms with Crippen LogP contribution < -0.4 is 19.6 Å². The Hall–Kier alpha value is -4.07. The molecule has 0 N–H and O–H groups in total. The van der Waals surface area contributed by atoms with Crippen molar-refractivity contribution in [3.63, 3.8) is 0 Å². The summed E-state index contributed by atoms with van der Waals surface area (Å²) >= 11 is 0. The number of hydrogen-bond donors (Lipinski definition) is 0. The molecule has 4 rings (SSSR count). The third-order valence-corrected chi connectivity index (χ3v) is 4.70. The van der Waals surface area contributed by atoms with Crippen molar-refractivity contribution < 1.29 is 27.9 Å². The minimum Gasteiger partial charge on any atom is -0.497 e. The van der Waals surface area contributed by atoms with Crippen molar-refractivity contribution in [2.75, 3.05) is 14.2 Å². The van der Waals surface area contributed by atoms with Crippen LogP contribution in [0.15, 0.2) is 68.5 Å². The minimum absolute atomic E-state index is 0.0940. The van der Waals surface area contributed by atoms with Crippen molar-refractivity contribution in [2.24, 2.45) is 0 Å². The second kappa shape index (κ2) is 8.74. The molecule has 0 radical (unpaired) electrons. The molecule has 0 aliphatic heterocycles. The first-order chi connectivity index (χ1) is 15.1. The maximum atomic E-state index is 12.9. The monoisotopic (exact) mass is 421 g/mol. The Balaban J connectivity index is 1.48. The van der Waals surface area contributed by atoms with E-state index in [1.54, 1.807) is 49.6 Å². The number of ether oxygens (including phenoxy) is 3. The van der Waals surface area contributed by atoms with Gasteiger partial charge in [-0.1, -0.05) is 12.1 Å². The van der Waals surface area contributed by atoms with E-state index in [4.69, 9.17) is 23.2 Å². The summed E-state index contributed by atoms with van der Waals surface area (Å²) in [6, 6.07) is 13.4. The van der Waals surface area contributed by atoms with Crippen LogP contribution in [0, 0.1) is 0 Å². The van der Waals surface area contributed by atoms with E-state index in [1.807, 2.05) is 0 Å². The Morgan fingerprint density at radius 1 is 1.00 bits per heavy atom. The fourth-order valence-electron chi connectivity index (χ4n) is 3.06. The summed E-state index contributed by atoms with van der Waals surface area (Å²) in [6.07, 6.45) is 1.81. The average molecular weight is 421 g/mol. The Bertz CT molecular complexity index is 1270. The zero-order chi connectivity index (χ0) is 21.8. The molecule has 2 aromatic heterocycles. The molecule has 0 amide bonds. The molecule has 0 spiro atoms. The molecule has 0 aliphatic rings. The van der Waals surface area contributed by atoms with E-state index < -0.39 is 5.97 Å². The van der Waals surface area contributed by atoms with E-state index in [1.165, 1.54) is 19.4 Å². The summed E-state index contributed by atoms with van der Waals surface area (Å²) in [4.78, 5) is 25.0. The SMILES string of the molecule is COc1ccc(-c2coc3cc(OC(=O)CCc4cc(OC)no4)ccc3c2=O)cc1. The fraction of sp³-hybridized carbons (Fsp3) is 0.174. The van der Waals surface area contributed by atoms with Gasteiger partial charge < -0.3 is 23.2 Å². The summed E-state index contributed by atoms with van der Waals surface area (Å²) in [5, 5.41) is 4.07. The Morgan fingerprint density at radius 2 is 1.77 bits per heavy atom. The Morgan fingerprint density at radius 3 is 2.48 bits per heavy atom. The number of rotatable bonds is 7. The molecule has 0 fully saturated rings. The summed E-state index contributed by atoms with van der Waals surface area (Å²) in [6.45, 7) is 0. The lowest BCUT2D eigenvalue weighted by molar-refractivity contribution is -0.134. The van der Waals surface area contributed by atoms with Crippen LogP contribution in [0.1, 0.15) is 12.2 Å². The lowest BCUT2D eigenvalue weighted by atomic mass is 10.1. The predicted molar refractivity (Wildman–Crippen MR) is 111 cm³/mol. The molecule has 0 aliphatic carbocycles. The van der Waals surface area contributed by atoms with Gasteiger partial charge in [-0.2, -0.15) is 0 Å². The molecule has 0 atom stereocenters. The van der Waals surface area contributed by atoms with Crippen LogP contribution in [0.25, 0.3) is 22.1 Å². The maximum Gasteiger partial charge on any atom is 0.311 e. The molecule has 0 saturated carbocycles. The van der Waals surface area contributed by atoms with Crippen molar-refractivity contribution in [3.8, 4) is 28.5 Å². The topological polar surface area (TPSA) is 101 Å². The van der Waals surface area contributed by atoms with Gasteiger partial charge in [-0.15, -0.1) is 0 Å². The molecule has 8 heteroatoms. The van der Waals surface area contributed by atoms with Crippen LogP contribution in [0.2, 0.25) is 0 Å². The largest absolute Gasteiger partial charge is 0.497 e. The number of fused-ring (bicyclic) bond motifs is 1. The van der Waals surface area contributed by atoms with Gasteiger partial charge in [0.15, 0.2) is 5.43 Å². The summed E-state index contributed by atoms with van der Waals surface area (Å²) < 4.78 is 26.1. The molecule has 158 valence electrons. The molecule has 0 bridgehead atoms. The number of esters is 1. The van der Waals surface area contributed by atoms with Gasteiger partial charge in [-0.25, -0.2) is 0 Å². The first-order valence-electron chi connectivity index (χ1n) is 9.47. The van der Waals surface area contributed by atoms with Gasteiger partial charge in [0.2, 0.25) is 0 Å². The van der Waals surface area contributed by atoms with E-state index in [0.717, 1.165) is 5.56 Å². The third kappa shape index (κ3) is 4.42. The van der Waals surface area contributed by atoms with Crippen molar-refractivity contribution >= 4 is 16.9 Å². The first-order valence-corrected chi connectivity index (χ1v) is 9.47. The van der Waals surface area contributed by atoms with Crippen molar-refractivity contribution in [3.05, 3.63) is 70.8 Å². The number of hydrogen-bond acceptors (Lipinski definition) is 8. The first kappa shape index (κ1) is 20.2. The van der Waals surface area contributed by atoms with Crippen molar-refractivity contribution in [2.45, 2.75) is 12.8 Å². The van der Waals surface area contributed by atoms with Crippen molar-refractivity contribution in [1.82, 2.24) is 5.16 Å². The quantitative estimate of drug-likeness (QED) is 0.326. The van der Waals surface area contributed by atoms with Crippen LogP contribution in [-0.2, 0) is 11.2 Å². The van der Waals surface area contributed by atoms with Crippen molar-refractivity contribution in [1.29, 1.82) is 0 Å². The van der Waals surface area contributed by atoms with Gasteiger partial charge in [0.1, 0.15) is 29.1 Å². The van der Waals surface area contributed by atoms with Crippen LogP contribution in [0.3, 0.4) is 0 Å².